The van der Waals surface area contributed by atoms with Crippen molar-refractivity contribution < 1.29 is 0 Å². The molecule has 2 heteroatoms. The molecule has 0 amide bonds. The molecule has 0 aromatic carbocycles. The van der Waals surface area contributed by atoms with E-state index < -0.39 is 0 Å². The van der Waals surface area contributed by atoms with Gasteiger partial charge in [-0.15, -0.1) is 0 Å². The van der Waals surface area contributed by atoms with Gasteiger partial charge in [0.15, 0.2) is 0 Å². The van der Waals surface area contributed by atoms with Gasteiger partial charge in [0.25, 0.3) is 0 Å². The van der Waals surface area contributed by atoms with Crippen LogP contribution in [0.1, 0.15) is 27.2 Å². The zero-order valence-corrected chi connectivity index (χ0v) is 8.15. The van der Waals surface area contributed by atoms with Crippen LogP contribution in [0, 0.1) is 5.92 Å². The van der Waals surface area contributed by atoms with Gasteiger partial charge in [0.1, 0.15) is 0 Å². The Hall–Kier alpha value is -0.500. The highest BCUT2D eigenvalue weighted by Gasteiger charge is 2.35. The summed E-state index contributed by atoms with van der Waals surface area (Å²) in [6, 6.07) is 1.30. The number of hydrogen-bond acceptors (Lipinski definition) is 2. The quantitative estimate of drug-likeness (QED) is 0.566. The molecule has 0 spiro atoms. The molecular weight excluding hydrogens is 148 g/mol. The molecule has 1 saturated heterocycles. The maximum Gasteiger partial charge on any atom is 0.0344 e. The van der Waals surface area contributed by atoms with Gasteiger partial charge >= 0.3 is 0 Å². The Bertz CT molecular complexity index is 220. The zero-order chi connectivity index (χ0) is 8.72. The van der Waals surface area contributed by atoms with Crippen LogP contribution in [0.2, 0.25) is 0 Å². The molecule has 2 aliphatic heterocycles. The van der Waals surface area contributed by atoms with Gasteiger partial charge in [-0.25, -0.2) is 0 Å². The van der Waals surface area contributed by atoms with Gasteiger partial charge < -0.3 is 10.6 Å². The van der Waals surface area contributed by atoms with Crippen LogP contribution < -0.4 is 10.6 Å². The first-order valence-corrected chi connectivity index (χ1v) is 4.87. The fourth-order valence-electron chi connectivity index (χ4n) is 2.53. The van der Waals surface area contributed by atoms with Crippen molar-refractivity contribution in [2.75, 3.05) is 6.54 Å². The van der Waals surface area contributed by atoms with Crippen molar-refractivity contribution in [1.82, 2.24) is 10.6 Å². The molecule has 3 unspecified atom stereocenters. The molecule has 1 fully saturated rings. The molecule has 0 aromatic heterocycles. The van der Waals surface area contributed by atoms with Gasteiger partial charge in [0.2, 0.25) is 0 Å². The molecule has 2 aliphatic rings. The molecule has 0 radical (unpaired) electrons. The Kier molecular flexibility index (Phi) is 1.87. The van der Waals surface area contributed by atoms with Crippen molar-refractivity contribution in [2.24, 2.45) is 5.92 Å². The third kappa shape index (κ3) is 1.06. The Labute approximate surface area is 74.4 Å². The van der Waals surface area contributed by atoms with Crippen molar-refractivity contribution in [3.63, 3.8) is 0 Å². The van der Waals surface area contributed by atoms with Crippen molar-refractivity contribution in [1.29, 1.82) is 0 Å². The topological polar surface area (TPSA) is 24.1 Å². The summed E-state index contributed by atoms with van der Waals surface area (Å²) >= 11 is 0. The van der Waals surface area contributed by atoms with Gasteiger partial charge in [-0.2, -0.15) is 0 Å². The summed E-state index contributed by atoms with van der Waals surface area (Å²) in [5.41, 5.74) is 2.88. The van der Waals surface area contributed by atoms with E-state index in [9.17, 15) is 0 Å². The molecule has 2 N–H and O–H groups in total. The zero-order valence-electron chi connectivity index (χ0n) is 8.15. The average molecular weight is 166 g/mol. The third-order valence-electron chi connectivity index (χ3n) is 3.41. The predicted molar refractivity (Wildman–Crippen MR) is 50.9 cm³/mol. The molecule has 0 aliphatic carbocycles. The van der Waals surface area contributed by atoms with E-state index in [-0.39, 0.29) is 0 Å². The minimum Gasteiger partial charge on any atom is -0.386 e. The number of nitrogens with one attached hydrogen (secondary N) is 2. The lowest BCUT2D eigenvalue weighted by molar-refractivity contribution is 0.352. The number of fused-ring (bicyclic) bond motifs is 1. The van der Waals surface area contributed by atoms with Crippen molar-refractivity contribution in [3.8, 4) is 0 Å². The summed E-state index contributed by atoms with van der Waals surface area (Å²) in [6.45, 7) is 7.90. The van der Waals surface area contributed by atoms with Gasteiger partial charge in [-0.3, -0.25) is 0 Å². The first-order valence-electron chi connectivity index (χ1n) is 4.87. The summed E-state index contributed by atoms with van der Waals surface area (Å²) < 4.78 is 0. The lowest BCUT2D eigenvalue weighted by Gasteiger charge is -2.34. The second-order valence-corrected chi connectivity index (χ2v) is 4.13. The molecule has 0 aromatic rings. The Balaban J connectivity index is 2.28. The summed E-state index contributed by atoms with van der Waals surface area (Å²) in [5, 5.41) is 7.11. The average Bonchev–Trinajstić information content (AvgIpc) is 2.48. The summed E-state index contributed by atoms with van der Waals surface area (Å²) in [6.07, 6.45) is 1.32. The van der Waals surface area contributed by atoms with E-state index in [0.29, 0.717) is 12.1 Å². The molecule has 0 saturated carbocycles. The molecule has 2 heterocycles. The minimum absolute atomic E-state index is 0.647. The standard InChI is InChI=1S/C10H18N2/c1-6-7(2)12-8(3)9-4-5-11-10(6)9/h8-12H,4-5H2,1-3H3. The molecular formula is C10H18N2. The Morgan fingerprint density at radius 2 is 2.08 bits per heavy atom. The largest absolute Gasteiger partial charge is 0.386 e. The maximum absolute atomic E-state index is 3.57. The van der Waals surface area contributed by atoms with Crippen LogP contribution in [0.4, 0.5) is 0 Å². The first-order chi connectivity index (χ1) is 5.70. The van der Waals surface area contributed by atoms with Crippen LogP contribution in [0.3, 0.4) is 0 Å². The maximum atomic E-state index is 3.57. The van der Waals surface area contributed by atoms with Crippen LogP contribution in [0.5, 0.6) is 0 Å². The Morgan fingerprint density at radius 3 is 2.83 bits per heavy atom. The van der Waals surface area contributed by atoms with Gasteiger partial charge in [-0.05, 0) is 45.2 Å². The molecule has 2 nitrogen and oxygen atoms in total. The van der Waals surface area contributed by atoms with E-state index in [2.05, 4.69) is 31.4 Å². The minimum atomic E-state index is 0.647. The number of rotatable bonds is 0. The van der Waals surface area contributed by atoms with Crippen molar-refractivity contribution in [2.45, 2.75) is 39.3 Å². The van der Waals surface area contributed by atoms with E-state index in [1.54, 1.807) is 0 Å². The van der Waals surface area contributed by atoms with Gasteiger partial charge in [-0.1, -0.05) is 0 Å². The second-order valence-electron chi connectivity index (χ2n) is 4.13. The highest BCUT2D eigenvalue weighted by atomic mass is 15.0. The Morgan fingerprint density at radius 1 is 1.33 bits per heavy atom. The SMILES string of the molecule is CC1=C(C)C2NCCC2C(C)N1. The van der Waals surface area contributed by atoms with E-state index in [0.717, 1.165) is 5.92 Å². The van der Waals surface area contributed by atoms with E-state index in [1.165, 1.54) is 24.2 Å². The van der Waals surface area contributed by atoms with Crippen LogP contribution in [-0.4, -0.2) is 18.6 Å². The smallest absolute Gasteiger partial charge is 0.0344 e. The normalized spacial score (nSPS) is 41.1. The molecule has 68 valence electrons. The van der Waals surface area contributed by atoms with E-state index in [1.807, 2.05) is 0 Å². The highest BCUT2D eigenvalue weighted by molar-refractivity contribution is 5.23. The van der Waals surface area contributed by atoms with Crippen LogP contribution in [0.25, 0.3) is 0 Å². The molecule has 12 heavy (non-hydrogen) atoms. The van der Waals surface area contributed by atoms with Crippen LogP contribution >= 0.6 is 0 Å². The monoisotopic (exact) mass is 166 g/mol. The number of allylic oxidation sites excluding steroid dienone is 1. The molecule has 3 atom stereocenters. The molecule has 2 rings (SSSR count). The fraction of sp³-hybridized carbons (Fsp3) is 0.800. The highest BCUT2D eigenvalue weighted by Crippen LogP contribution is 2.30. The number of hydrogen-bond donors (Lipinski definition) is 2. The van der Waals surface area contributed by atoms with Gasteiger partial charge in [0, 0.05) is 17.8 Å². The predicted octanol–water partition coefficient (Wildman–Crippen LogP) is 1.25. The van der Waals surface area contributed by atoms with E-state index >= 15 is 0 Å². The van der Waals surface area contributed by atoms with Crippen LogP contribution in [0.15, 0.2) is 11.3 Å². The fourth-order valence-corrected chi connectivity index (χ4v) is 2.53. The molecule has 0 bridgehead atoms. The van der Waals surface area contributed by atoms with Gasteiger partial charge in [0.05, 0.1) is 0 Å². The first kappa shape index (κ1) is 8.11. The second kappa shape index (κ2) is 2.77. The third-order valence-corrected chi connectivity index (χ3v) is 3.41. The summed E-state index contributed by atoms with van der Waals surface area (Å²) in [7, 11) is 0. The summed E-state index contributed by atoms with van der Waals surface area (Å²) in [4.78, 5) is 0. The van der Waals surface area contributed by atoms with E-state index in [4.69, 9.17) is 0 Å². The van der Waals surface area contributed by atoms with Crippen molar-refractivity contribution >= 4 is 0 Å². The summed E-state index contributed by atoms with van der Waals surface area (Å²) in [5.74, 6) is 0.814. The van der Waals surface area contributed by atoms with Crippen LogP contribution in [-0.2, 0) is 0 Å². The lowest BCUT2D eigenvalue weighted by atomic mass is 9.85. The lowest BCUT2D eigenvalue weighted by Crippen LogP contribution is -2.45. The van der Waals surface area contributed by atoms with Crippen molar-refractivity contribution in [3.05, 3.63) is 11.3 Å².